The van der Waals surface area contributed by atoms with Gasteiger partial charge in [0.25, 0.3) is 0 Å². The van der Waals surface area contributed by atoms with E-state index in [9.17, 15) is 4.79 Å². The number of ether oxygens (including phenoxy) is 3. The van der Waals surface area contributed by atoms with Crippen molar-refractivity contribution in [3.8, 4) is 22.6 Å². The third-order valence-corrected chi connectivity index (χ3v) is 9.81. The van der Waals surface area contributed by atoms with E-state index in [1.54, 1.807) is 10.9 Å². The highest BCUT2D eigenvalue weighted by molar-refractivity contribution is 5.91. The third-order valence-electron chi connectivity index (χ3n) is 9.81. The molecule has 3 aliphatic rings. The van der Waals surface area contributed by atoms with Gasteiger partial charge in [-0.2, -0.15) is 5.10 Å². The molecule has 46 heavy (non-hydrogen) atoms. The molecule has 2 aliphatic carbocycles. The first kappa shape index (κ1) is 30.6. The Morgan fingerprint density at radius 2 is 1.80 bits per heavy atom. The molecule has 4 aromatic rings. The minimum Gasteiger partial charge on any atom is -0.490 e. The Hall–Kier alpha value is -4.02. The van der Waals surface area contributed by atoms with Crippen molar-refractivity contribution in [2.24, 2.45) is 13.0 Å². The maximum atomic E-state index is 13.5. The van der Waals surface area contributed by atoms with Gasteiger partial charge in [0.2, 0.25) is 0 Å². The van der Waals surface area contributed by atoms with Gasteiger partial charge in [0.1, 0.15) is 17.9 Å². The van der Waals surface area contributed by atoms with Gasteiger partial charge in [-0.1, -0.05) is 48.7 Å². The molecule has 0 N–H and O–H groups in total. The molecule has 10 heteroatoms. The van der Waals surface area contributed by atoms with Crippen molar-refractivity contribution >= 4 is 5.97 Å². The molecule has 242 valence electrons. The van der Waals surface area contributed by atoms with Crippen LogP contribution in [0.1, 0.15) is 79.0 Å². The van der Waals surface area contributed by atoms with Gasteiger partial charge in [-0.05, 0) is 67.5 Å². The van der Waals surface area contributed by atoms with Crippen LogP contribution in [0, 0.1) is 5.92 Å². The highest BCUT2D eigenvalue weighted by Gasteiger charge is 2.46. The van der Waals surface area contributed by atoms with E-state index >= 15 is 0 Å². The summed E-state index contributed by atoms with van der Waals surface area (Å²) in [6.45, 7) is 6.36. The second-order valence-corrected chi connectivity index (χ2v) is 13.0. The molecule has 0 amide bonds. The highest BCUT2D eigenvalue weighted by Crippen LogP contribution is 2.55. The average Bonchev–Trinajstić information content (AvgIpc) is 3.54. The van der Waals surface area contributed by atoms with Gasteiger partial charge in [0.05, 0.1) is 42.6 Å². The second-order valence-electron chi connectivity index (χ2n) is 13.0. The highest BCUT2D eigenvalue weighted by atomic mass is 16.5. The lowest BCUT2D eigenvalue weighted by molar-refractivity contribution is 0.0195. The molecule has 1 saturated heterocycles. The van der Waals surface area contributed by atoms with Crippen molar-refractivity contribution in [3.63, 3.8) is 0 Å². The first-order chi connectivity index (χ1) is 22.5. The first-order valence-corrected chi connectivity index (χ1v) is 16.8. The lowest BCUT2D eigenvalue weighted by Crippen LogP contribution is -2.38. The maximum absolute atomic E-state index is 13.5. The maximum Gasteiger partial charge on any atom is 0.341 e. The van der Waals surface area contributed by atoms with Crippen molar-refractivity contribution in [1.82, 2.24) is 29.7 Å². The van der Waals surface area contributed by atoms with Crippen molar-refractivity contribution in [1.29, 1.82) is 0 Å². The molecule has 2 aromatic carbocycles. The first-order valence-electron chi connectivity index (χ1n) is 16.8. The number of carbonyl (C=O) groups excluding carboxylic acids is 1. The third kappa shape index (κ3) is 6.88. The Balaban J connectivity index is 1.13. The van der Waals surface area contributed by atoms with E-state index in [2.05, 4.69) is 58.5 Å². The van der Waals surface area contributed by atoms with E-state index in [-0.39, 0.29) is 23.9 Å². The summed E-state index contributed by atoms with van der Waals surface area (Å²) in [6, 6.07) is 16.7. The molecule has 0 spiro atoms. The molecule has 0 unspecified atom stereocenters. The summed E-state index contributed by atoms with van der Waals surface area (Å²) in [5.41, 5.74) is 5.34. The molecule has 2 aromatic heterocycles. The predicted octanol–water partition coefficient (Wildman–Crippen LogP) is 5.78. The van der Waals surface area contributed by atoms with Crippen LogP contribution < -0.4 is 4.74 Å². The van der Waals surface area contributed by atoms with Crippen LogP contribution in [-0.4, -0.2) is 81.2 Å². The number of aryl methyl sites for hydroxylation is 1. The number of aromatic nitrogens is 5. The molecule has 3 fully saturated rings. The number of esters is 1. The van der Waals surface area contributed by atoms with Crippen LogP contribution in [0.5, 0.6) is 5.75 Å². The van der Waals surface area contributed by atoms with Gasteiger partial charge in [0.15, 0.2) is 0 Å². The molecule has 3 atom stereocenters. The van der Waals surface area contributed by atoms with Crippen molar-refractivity contribution in [2.45, 2.75) is 63.4 Å². The second kappa shape index (κ2) is 13.8. The zero-order valence-electron chi connectivity index (χ0n) is 26.9. The zero-order chi connectivity index (χ0) is 31.5. The summed E-state index contributed by atoms with van der Waals surface area (Å²) < 4.78 is 21.3. The van der Waals surface area contributed by atoms with E-state index in [1.807, 2.05) is 30.1 Å². The lowest BCUT2D eigenvalue weighted by atomic mass is 9.86. The van der Waals surface area contributed by atoms with Crippen LogP contribution in [-0.2, 0) is 16.5 Å². The molecule has 0 bridgehead atoms. The van der Waals surface area contributed by atoms with Gasteiger partial charge in [-0.15, -0.1) is 5.10 Å². The van der Waals surface area contributed by atoms with Crippen molar-refractivity contribution in [3.05, 3.63) is 77.9 Å². The van der Waals surface area contributed by atoms with Crippen LogP contribution in [0.4, 0.5) is 0 Å². The fraction of sp³-hybridized carbons (Fsp3) is 0.500. The monoisotopic (exact) mass is 624 g/mol. The molecular formula is C36H44N6O4. The molecule has 2 saturated carbocycles. The smallest absolute Gasteiger partial charge is 0.341 e. The van der Waals surface area contributed by atoms with Gasteiger partial charge < -0.3 is 14.2 Å². The van der Waals surface area contributed by atoms with Crippen LogP contribution in [0.25, 0.3) is 16.8 Å². The summed E-state index contributed by atoms with van der Waals surface area (Å²) in [4.78, 5) is 15.8. The minimum atomic E-state index is -0.340. The SMILES string of the molecule is C[C@H](Oc1cccc(-c2cccc(-n3ncc(C(=O)OCCN4CCOCC4)c3[C@@H]3C[C@H]3c3cn(C)nn3)c2)c1)C1CCCCC1. The number of morpholine rings is 1. The molecule has 0 radical (unpaired) electrons. The van der Waals surface area contributed by atoms with Gasteiger partial charge >= 0.3 is 5.97 Å². The van der Waals surface area contributed by atoms with Gasteiger partial charge in [-0.3, -0.25) is 9.58 Å². The fourth-order valence-electron chi connectivity index (χ4n) is 7.09. The number of carbonyl (C=O) groups is 1. The van der Waals surface area contributed by atoms with Gasteiger partial charge in [0, 0.05) is 44.7 Å². The summed E-state index contributed by atoms with van der Waals surface area (Å²) in [7, 11) is 1.87. The predicted molar refractivity (Wildman–Crippen MR) is 174 cm³/mol. The Morgan fingerprint density at radius 3 is 2.59 bits per heavy atom. The Labute approximate surface area is 270 Å². The minimum absolute atomic E-state index is 0.0858. The van der Waals surface area contributed by atoms with Crippen LogP contribution >= 0.6 is 0 Å². The summed E-state index contributed by atoms with van der Waals surface area (Å²) >= 11 is 0. The van der Waals surface area contributed by atoms with E-state index < -0.39 is 0 Å². The Morgan fingerprint density at radius 1 is 1.02 bits per heavy atom. The van der Waals surface area contributed by atoms with Crippen molar-refractivity contribution < 1.29 is 19.0 Å². The Kier molecular flexibility index (Phi) is 9.16. The zero-order valence-corrected chi connectivity index (χ0v) is 26.9. The number of hydrogen-bond acceptors (Lipinski definition) is 8. The number of hydrogen-bond donors (Lipinski definition) is 0. The van der Waals surface area contributed by atoms with Crippen LogP contribution in [0.3, 0.4) is 0 Å². The standard InChI is InChI=1S/C36H44N6O4/c1-25(26-8-4-3-5-9-26)46-30-13-7-11-28(21-30)27-10-6-12-29(20-27)42-35(32-22-31(32)34-24-40(2)39-38-34)33(23-37-42)36(43)45-19-16-41-14-17-44-18-15-41/h6-7,10-13,20-21,23-26,31-32H,3-5,8-9,14-19,22H2,1-2H3/t25-,31+,32+/m0/s1. The molecule has 3 heterocycles. The largest absolute Gasteiger partial charge is 0.490 e. The molecule has 7 rings (SSSR count). The summed E-state index contributed by atoms with van der Waals surface area (Å²) in [6.07, 6.45) is 11.1. The molecule has 1 aliphatic heterocycles. The normalized spacial score (nSPS) is 21.2. The Bertz CT molecular complexity index is 1640. The molecular weight excluding hydrogens is 580 g/mol. The van der Waals surface area contributed by atoms with Crippen molar-refractivity contribution in [2.75, 3.05) is 39.5 Å². The van der Waals surface area contributed by atoms with E-state index in [1.165, 1.54) is 32.1 Å². The number of nitrogens with zero attached hydrogens (tertiary/aromatic N) is 6. The van der Waals surface area contributed by atoms with E-state index in [0.717, 1.165) is 53.5 Å². The average molecular weight is 625 g/mol. The van der Waals surface area contributed by atoms with Crippen LogP contribution in [0.2, 0.25) is 0 Å². The fourth-order valence-corrected chi connectivity index (χ4v) is 7.09. The number of rotatable bonds is 11. The van der Waals surface area contributed by atoms with E-state index in [0.29, 0.717) is 37.8 Å². The summed E-state index contributed by atoms with van der Waals surface area (Å²) in [5.74, 6) is 1.43. The van der Waals surface area contributed by atoms with Crippen LogP contribution in [0.15, 0.2) is 60.9 Å². The summed E-state index contributed by atoms with van der Waals surface area (Å²) in [5, 5.41) is 13.3. The topological polar surface area (TPSA) is 96.5 Å². The quantitative estimate of drug-likeness (QED) is 0.194. The lowest BCUT2D eigenvalue weighted by Gasteiger charge is -2.28. The van der Waals surface area contributed by atoms with E-state index in [4.69, 9.17) is 19.3 Å². The number of benzene rings is 2. The molecule has 10 nitrogen and oxygen atoms in total. The van der Waals surface area contributed by atoms with Gasteiger partial charge in [-0.25, -0.2) is 9.48 Å².